The summed E-state index contributed by atoms with van der Waals surface area (Å²) in [4.78, 5) is 4.11. The van der Waals surface area contributed by atoms with Crippen LogP contribution in [0, 0.1) is 5.92 Å². The predicted octanol–water partition coefficient (Wildman–Crippen LogP) is 2.80. The van der Waals surface area contributed by atoms with E-state index in [0.29, 0.717) is 5.92 Å². The molecule has 0 unspecified atom stereocenters. The zero-order chi connectivity index (χ0) is 7.98. The molecule has 0 heterocycles. The van der Waals surface area contributed by atoms with E-state index in [1.807, 2.05) is 19.1 Å². The lowest BCUT2D eigenvalue weighted by atomic mass is 10.2. The maximum Gasteiger partial charge on any atom is 0.0357 e. The summed E-state index contributed by atoms with van der Waals surface area (Å²) < 4.78 is 0. The topological polar surface area (TPSA) is 12.4 Å². The van der Waals surface area contributed by atoms with Crippen molar-refractivity contribution < 1.29 is 0 Å². The highest BCUT2D eigenvalue weighted by Crippen LogP contribution is 2.06. The summed E-state index contributed by atoms with van der Waals surface area (Å²) in [5.41, 5.74) is 0.929. The molecule has 0 saturated heterocycles. The number of nitrogens with zero attached hydrogens (tertiary/aromatic N) is 1. The molecule has 1 heteroatoms. The molecule has 0 rings (SSSR count). The predicted molar refractivity (Wildman–Crippen MR) is 47.3 cm³/mol. The Balaban J connectivity index is 3.78. The van der Waals surface area contributed by atoms with E-state index < -0.39 is 0 Å². The van der Waals surface area contributed by atoms with Crippen LogP contribution in [0.15, 0.2) is 29.4 Å². The maximum absolute atomic E-state index is 4.11. The van der Waals surface area contributed by atoms with Gasteiger partial charge >= 0.3 is 0 Å². The first-order valence-corrected chi connectivity index (χ1v) is 3.52. The van der Waals surface area contributed by atoms with Gasteiger partial charge in [0.15, 0.2) is 0 Å². The highest BCUT2D eigenvalue weighted by Gasteiger charge is 1.93. The second-order valence-corrected chi connectivity index (χ2v) is 2.45. The SMILES string of the molecule is C=C(/N=C\C=C/C)C(C)C. The molecule has 56 valence electrons. The van der Waals surface area contributed by atoms with Crippen molar-refractivity contribution in [1.29, 1.82) is 0 Å². The van der Waals surface area contributed by atoms with Crippen LogP contribution in [0.3, 0.4) is 0 Å². The van der Waals surface area contributed by atoms with Gasteiger partial charge in [0.05, 0.1) is 0 Å². The van der Waals surface area contributed by atoms with Gasteiger partial charge in [-0.05, 0) is 18.9 Å². The van der Waals surface area contributed by atoms with Crippen molar-refractivity contribution in [1.82, 2.24) is 0 Å². The minimum atomic E-state index is 0.446. The Morgan fingerprint density at radius 3 is 2.50 bits per heavy atom. The van der Waals surface area contributed by atoms with Gasteiger partial charge in [0.1, 0.15) is 0 Å². The Hall–Kier alpha value is -0.850. The van der Waals surface area contributed by atoms with E-state index in [0.717, 1.165) is 5.70 Å². The first-order valence-electron chi connectivity index (χ1n) is 3.52. The molecule has 0 atom stereocenters. The second kappa shape index (κ2) is 4.98. The van der Waals surface area contributed by atoms with Gasteiger partial charge in [0.2, 0.25) is 0 Å². The molecule has 0 amide bonds. The monoisotopic (exact) mass is 137 g/mol. The molecule has 10 heavy (non-hydrogen) atoms. The molecular formula is C9H15N. The third kappa shape index (κ3) is 4.07. The fourth-order valence-electron chi connectivity index (χ4n) is 0.374. The minimum absolute atomic E-state index is 0.446. The number of hydrogen-bond acceptors (Lipinski definition) is 1. The Morgan fingerprint density at radius 2 is 2.10 bits per heavy atom. The smallest absolute Gasteiger partial charge is 0.0357 e. The van der Waals surface area contributed by atoms with Crippen molar-refractivity contribution in [2.24, 2.45) is 10.9 Å². The van der Waals surface area contributed by atoms with Gasteiger partial charge in [-0.3, -0.25) is 4.99 Å². The third-order valence-electron chi connectivity index (χ3n) is 1.19. The van der Waals surface area contributed by atoms with E-state index in [1.165, 1.54) is 0 Å². The molecule has 0 fully saturated rings. The Morgan fingerprint density at radius 1 is 1.50 bits per heavy atom. The number of aliphatic imine (C=N–C) groups is 1. The van der Waals surface area contributed by atoms with Crippen molar-refractivity contribution in [3.8, 4) is 0 Å². The van der Waals surface area contributed by atoms with Crippen molar-refractivity contribution in [2.45, 2.75) is 20.8 Å². The molecule has 0 aliphatic carbocycles. The van der Waals surface area contributed by atoms with Crippen LogP contribution in [-0.4, -0.2) is 6.21 Å². The zero-order valence-corrected chi connectivity index (χ0v) is 6.96. The first kappa shape index (κ1) is 9.15. The molecule has 0 radical (unpaired) electrons. The van der Waals surface area contributed by atoms with Crippen molar-refractivity contribution in [3.05, 3.63) is 24.4 Å². The van der Waals surface area contributed by atoms with Crippen LogP contribution in [0.5, 0.6) is 0 Å². The molecule has 0 aromatic heterocycles. The number of allylic oxidation sites excluding steroid dienone is 3. The molecule has 0 aromatic carbocycles. The summed E-state index contributed by atoms with van der Waals surface area (Å²) in [7, 11) is 0. The van der Waals surface area contributed by atoms with Crippen LogP contribution >= 0.6 is 0 Å². The molecule has 0 spiro atoms. The standard InChI is InChI=1S/C9H15N/c1-5-6-7-10-9(4)8(2)3/h5-8H,4H2,1-3H3/b6-5-,10-7-. The average Bonchev–Trinajstić information content (AvgIpc) is 1.88. The summed E-state index contributed by atoms with van der Waals surface area (Å²) >= 11 is 0. The Labute approximate surface area is 63.2 Å². The first-order chi connectivity index (χ1) is 4.68. The van der Waals surface area contributed by atoms with E-state index in [-0.39, 0.29) is 0 Å². The number of rotatable bonds is 3. The van der Waals surface area contributed by atoms with E-state index in [9.17, 15) is 0 Å². The fraction of sp³-hybridized carbons (Fsp3) is 0.444. The lowest BCUT2D eigenvalue weighted by Crippen LogP contribution is -1.87. The molecule has 0 aromatic rings. The highest BCUT2D eigenvalue weighted by molar-refractivity contribution is 5.71. The summed E-state index contributed by atoms with van der Waals surface area (Å²) in [6.07, 6.45) is 5.60. The van der Waals surface area contributed by atoms with Gasteiger partial charge < -0.3 is 0 Å². The highest BCUT2D eigenvalue weighted by atomic mass is 14.7. The van der Waals surface area contributed by atoms with Gasteiger partial charge in [0, 0.05) is 11.9 Å². The largest absolute Gasteiger partial charge is 0.262 e. The van der Waals surface area contributed by atoms with Crippen LogP contribution in [0.1, 0.15) is 20.8 Å². The molecule has 0 aliphatic rings. The third-order valence-corrected chi connectivity index (χ3v) is 1.19. The fourth-order valence-corrected chi connectivity index (χ4v) is 0.374. The van der Waals surface area contributed by atoms with Crippen LogP contribution in [0.4, 0.5) is 0 Å². The van der Waals surface area contributed by atoms with Crippen LogP contribution < -0.4 is 0 Å². The Bertz CT molecular complexity index is 152. The summed E-state index contributed by atoms with van der Waals surface area (Å²) in [5, 5.41) is 0. The van der Waals surface area contributed by atoms with E-state index in [2.05, 4.69) is 25.4 Å². The quantitative estimate of drug-likeness (QED) is 0.530. The molecule has 0 saturated carbocycles. The lowest BCUT2D eigenvalue weighted by molar-refractivity contribution is 0.763. The van der Waals surface area contributed by atoms with E-state index in [1.54, 1.807) is 6.21 Å². The second-order valence-electron chi connectivity index (χ2n) is 2.45. The minimum Gasteiger partial charge on any atom is -0.262 e. The van der Waals surface area contributed by atoms with Gasteiger partial charge in [-0.25, -0.2) is 0 Å². The van der Waals surface area contributed by atoms with Crippen LogP contribution in [0.25, 0.3) is 0 Å². The summed E-state index contributed by atoms with van der Waals surface area (Å²) in [5.74, 6) is 0.446. The number of hydrogen-bond donors (Lipinski definition) is 0. The van der Waals surface area contributed by atoms with E-state index in [4.69, 9.17) is 0 Å². The zero-order valence-electron chi connectivity index (χ0n) is 6.96. The van der Waals surface area contributed by atoms with Crippen molar-refractivity contribution >= 4 is 6.21 Å². The van der Waals surface area contributed by atoms with Crippen LogP contribution in [0.2, 0.25) is 0 Å². The molecular weight excluding hydrogens is 122 g/mol. The maximum atomic E-state index is 4.11. The summed E-state index contributed by atoms with van der Waals surface area (Å²) in [6, 6.07) is 0. The van der Waals surface area contributed by atoms with Gasteiger partial charge in [-0.2, -0.15) is 0 Å². The Kier molecular flexibility index (Phi) is 4.55. The molecule has 0 N–H and O–H groups in total. The average molecular weight is 137 g/mol. The summed E-state index contributed by atoms with van der Waals surface area (Å²) in [6.45, 7) is 9.91. The van der Waals surface area contributed by atoms with Gasteiger partial charge in [-0.1, -0.05) is 26.5 Å². The van der Waals surface area contributed by atoms with Gasteiger partial charge in [0.25, 0.3) is 0 Å². The molecule has 0 bridgehead atoms. The van der Waals surface area contributed by atoms with Crippen molar-refractivity contribution in [3.63, 3.8) is 0 Å². The van der Waals surface area contributed by atoms with Crippen LogP contribution in [-0.2, 0) is 0 Å². The van der Waals surface area contributed by atoms with Crippen molar-refractivity contribution in [2.75, 3.05) is 0 Å². The normalized spacial score (nSPS) is 12.0. The molecule has 0 aliphatic heterocycles. The van der Waals surface area contributed by atoms with E-state index >= 15 is 0 Å². The molecule has 1 nitrogen and oxygen atoms in total. The lowest BCUT2D eigenvalue weighted by Gasteiger charge is -1.99. The van der Waals surface area contributed by atoms with Gasteiger partial charge in [-0.15, -0.1) is 0 Å².